The molecule has 1 nitrogen and oxygen atoms in total. The van der Waals surface area contributed by atoms with Gasteiger partial charge in [0.05, 0.1) is 5.33 Å². The fourth-order valence-corrected chi connectivity index (χ4v) is 3.12. The minimum atomic E-state index is 0.0260. The van der Waals surface area contributed by atoms with E-state index < -0.39 is 0 Å². The Labute approximate surface area is 134 Å². The molecule has 3 rings (SSSR count). The Morgan fingerprint density at radius 2 is 1.70 bits per heavy atom. The zero-order chi connectivity index (χ0) is 14.3. The molecule has 0 aliphatic carbocycles. The first-order valence-corrected chi connectivity index (χ1v) is 7.89. The summed E-state index contributed by atoms with van der Waals surface area (Å²) in [5, 5.41) is 5.22. The van der Waals surface area contributed by atoms with Crippen LogP contribution in [0.4, 0.5) is 0 Å². The molecule has 0 aromatic heterocycles. The molecule has 4 heteroatoms. The smallest absolute Gasteiger partial charge is 0.173 e. The van der Waals surface area contributed by atoms with Crippen molar-refractivity contribution in [2.24, 2.45) is 0 Å². The van der Waals surface area contributed by atoms with Crippen molar-refractivity contribution >= 4 is 66.5 Å². The van der Waals surface area contributed by atoms with Gasteiger partial charge in [-0.2, -0.15) is 0 Å². The number of hydrogen-bond acceptors (Lipinski definition) is 1. The van der Waals surface area contributed by atoms with E-state index in [2.05, 4.69) is 15.9 Å². The fraction of sp³-hybridized carbons (Fsp3) is 0.0625. The number of rotatable bonds is 2. The second kappa shape index (κ2) is 5.36. The Balaban J connectivity index is 2.48. The highest BCUT2D eigenvalue weighted by Gasteiger charge is 2.12. The van der Waals surface area contributed by atoms with E-state index in [4.69, 9.17) is 23.2 Å². The molecule has 0 saturated heterocycles. The SMILES string of the molecule is O=C(CBr)c1ccc(Cl)c2cc3cccc(Cl)c3cc12. The third-order valence-electron chi connectivity index (χ3n) is 3.33. The first kappa shape index (κ1) is 13.9. The average Bonchev–Trinajstić information content (AvgIpc) is 2.46. The number of fused-ring (bicyclic) bond motifs is 2. The predicted molar refractivity (Wildman–Crippen MR) is 89.6 cm³/mol. The molecule has 20 heavy (non-hydrogen) atoms. The van der Waals surface area contributed by atoms with E-state index in [0.717, 1.165) is 21.5 Å². The quantitative estimate of drug-likeness (QED) is 0.314. The highest BCUT2D eigenvalue weighted by Crippen LogP contribution is 2.33. The van der Waals surface area contributed by atoms with Crippen LogP contribution in [0, 0.1) is 0 Å². The van der Waals surface area contributed by atoms with Crippen molar-refractivity contribution in [3.63, 3.8) is 0 Å². The second-order valence-electron chi connectivity index (χ2n) is 4.51. The van der Waals surface area contributed by atoms with Crippen LogP contribution in [0.2, 0.25) is 10.0 Å². The normalized spacial score (nSPS) is 11.2. The minimum Gasteiger partial charge on any atom is -0.293 e. The number of hydrogen-bond donors (Lipinski definition) is 0. The molecule has 0 unspecified atom stereocenters. The summed E-state index contributed by atoms with van der Waals surface area (Å²) in [4.78, 5) is 12.0. The zero-order valence-corrected chi connectivity index (χ0v) is 13.4. The Kier molecular flexibility index (Phi) is 3.72. The van der Waals surface area contributed by atoms with Crippen LogP contribution in [0.3, 0.4) is 0 Å². The van der Waals surface area contributed by atoms with Gasteiger partial charge in [0.15, 0.2) is 5.78 Å². The largest absolute Gasteiger partial charge is 0.293 e. The van der Waals surface area contributed by atoms with Crippen LogP contribution in [-0.4, -0.2) is 11.1 Å². The van der Waals surface area contributed by atoms with Gasteiger partial charge in [-0.05, 0) is 41.1 Å². The molecule has 0 bridgehead atoms. The molecule has 0 saturated carbocycles. The third kappa shape index (κ3) is 2.22. The summed E-state index contributed by atoms with van der Waals surface area (Å²) in [7, 11) is 0. The van der Waals surface area contributed by atoms with Gasteiger partial charge in [-0.1, -0.05) is 51.3 Å². The molecule has 0 aliphatic heterocycles. The molecule has 0 atom stereocenters. The lowest BCUT2D eigenvalue weighted by Crippen LogP contribution is -2.01. The molecule has 0 heterocycles. The van der Waals surface area contributed by atoms with Crippen LogP contribution in [0.25, 0.3) is 21.5 Å². The highest BCUT2D eigenvalue weighted by atomic mass is 79.9. The van der Waals surface area contributed by atoms with Gasteiger partial charge in [-0.25, -0.2) is 0 Å². The maximum absolute atomic E-state index is 12.0. The predicted octanol–water partition coefficient (Wildman–Crippen LogP) is 5.88. The number of carbonyl (C=O) groups is 1. The molecule has 0 amide bonds. The molecular weight excluding hydrogens is 359 g/mol. The van der Waals surface area contributed by atoms with Crippen LogP contribution in [-0.2, 0) is 0 Å². The van der Waals surface area contributed by atoms with Gasteiger partial charge in [-0.15, -0.1) is 0 Å². The number of halogens is 3. The monoisotopic (exact) mass is 366 g/mol. The van der Waals surface area contributed by atoms with Gasteiger partial charge >= 0.3 is 0 Å². The Morgan fingerprint density at radius 1 is 0.950 bits per heavy atom. The van der Waals surface area contributed by atoms with Crippen molar-refractivity contribution in [2.45, 2.75) is 0 Å². The number of ketones is 1. The molecule has 0 radical (unpaired) electrons. The number of alkyl halides is 1. The lowest BCUT2D eigenvalue weighted by atomic mass is 9.98. The van der Waals surface area contributed by atoms with Crippen molar-refractivity contribution in [1.29, 1.82) is 0 Å². The van der Waals surface area contributed by atoms with Crippen molar-refractivity contribution in [3.8, 4) is 0 Å². The van der Waals surface area contributed by atoms with Gasteiger partial charge in [0.1, 0.15) is 0 Å². The van der Waals surface area contributed by atoms with Crippen LogP contribution >= 0.6 is 39.1 Å². The molecule has 0 N–H and O–H groups in total. The summed E-state index contributed by atoms with van der Waals surface area (Å²) in [5.41, 5.74) is 0.656. The van der Waals surface area contributed by atoms with Gasteiger partial charge in [-0.3, -0.25) is 4.79 Å². The topological polar surface area (TPSA) is 17.1 Å². The van der Waals surface area contributed by atoms with E-state index in [1.165, 1.54) is 0 Å². The van der Waals surface area contributed by atoms with Crippen molar-refractivity contribution in [2.75, 3.05) is 5.33 Å². The van der Waals surface area contributed by atoms with Gasteiger partial charge < -0.3 is 0 Å². The molecule has 100 valence electrons. The molecule has 0 spiro atoms. The zero-order valence-electron chi connectivity index (χ0n) is 10.3. The van der Waals surface area contributed by atoms with E-state index in [1.54, 1.807) is 12.1 Å². The lowest BCUT2D eigenvalue weighted by Gasteiger charge is -2.09. The second-order valence-corrected chi connectivity index (χ2v) is 5.89. The van der Waals surface area contributed by atoms with E-state index in [9.17, 15) is 4.79 Å². The standard InChI is InChI=1S/C16H9BrCl2O/c17-8-16(20)10-4-5-15(19)13-6-9-2-1-3-14(18)11(9)7-12(10)13/h1-7H,8H2. The summed E-state index contributed by atoms with van der Waals surface area (Å²) in [6.07, 6.45) is 0. The van der Waals surface area contributed by atoms with Crippen molar-refractivity contribution in [3.05, 3.63) is 58.1 Å². The number of carbonyl (C=O) groups excluding carboxylic acids is 1. The van der Waals surface area contributed by atoms with Gasteiger partial charge in [0, 0.05) is 26.4 Å². The Bertz CT molecular complexity index is 843. The lowest BCUT2D eigenvalue weighted by molar-refractivity contribution is 0.102. The summed E-state index contributed by atoms with van der Waals surface area (Å²) in [5.74, 6) is 0.0260. The fourth-order valence-electron chi connectivity index (χ4n) is 2.36. The Morgan fingerprint density at radius 3 is 2.45 bits per heavy atom. The highest BCUT2D eigenvalue weighted by molar-refractivity contribution is 9.09. The summed E-state index contributed by atoms with van der Waals surface area (Å²) < 4.78 is 0. The number of benzene rings is 3. The summed E-state index contributed by atoms with van der Waals surface area (Å²) in [6.45, 7) is 0. The molecule has 0 aliphatic rings. The van der Waals surface area contributed by atoms with Gasteiger partial charge in [0.25, 0.3) is 0 Å². The van der Waals surface area contributed by atoms with Gasteiger partial charge in [0.2, 0.25) is 0 Å². The molecule has 3 aromatic carbocycles. The maximum Gasteiger partial charge on any atom is 0.173 e. The van der Waals surface area contributed by atoms with Crippen LogP contribution in [0.15, 0.2) is 42.5 Å². The van der Waals surface area contributed by atoms with E-state index in [0.29, 0.717) is 15.6 Å². The third-order valence-corrected chi connectivity index (χ3v) is 4.50. The summed E-state index contributed by atoms with van der Waals surface area (Å²) >= 11 is 15.7. The minimum absolute atomic E-state index is 0.0260. The number of Topliss-reactive ketones (excluding diaryl/α,β-unsaturated/α-hetero) is 1. The first-order valence-electron chi connectivity index (χ1n) is 6.01. The van der Waals surface area contributed by atoms with Crippen LogP contribution < -0.4 is 0 Å². The maximum atomic E-state index is 12.0. The van der Waals surface area contributed by atoms with E-state index in [-0.39, 0.29) is 11.1 Å². The Hall–Kier alpha value is -1.09. The molecule has 0 fully saturated rings. The average molecular weight is 368 g/mol. The van der Waals surface area contributed by atoms with E-state index in [1.807, 2.05) is 30.3 Å². The molecule has 3 aromatic rings. The van der Waals surface area contributed by atoms with E-state index >= 15 is 0 Å². The first-order chi connectivity index (χ1) is 9.61. The van der Waals surface area contributed by atoms with Crippen molar-refractivity contribution < 1.29 is 4.79 Å². The van der Waals surface area contributed by atoms with Crippen LogP contribution in [0.1, 0.15) is 10.4 Å². The van der Waals surface area contributed by atoms with Crippen LogP contribution in [0.5, 0.6) is 0 Å². The summed E-state index contributed by atoms with van der Waals surface area (Å²) in [6, 6.07) is 13.2. The molecular formula is C16H9BrCl2O. The van der Waals surface area contributed by atoms with Crippen molar-refractivity contribution in [1.82, 2.24) is 0 Å².